The van der Waals surface area contributed by atoms with E-state index in [0.29, 0.717) is 29.8 Å². The predicted octanol–water partition coefficient (Wildman–Crippen LogP) is 6.77. The van der Waals surface area contributed by atoms with Gasteiger partial charge in [-0.3, -0.25) is 9.69 Å². The van der Waals surface area contributed by atoms with E-state index in [1.54, 1.807) is 38.1 Å². The van der Waals surface area contributed by atoms with Crippen LogP contribution >= 0.6 is 11.6 Å². The first kappa shape index (κ1) is 30.0. The predicted molar refractivity (Wildman–Crippen MR) is 133 cm³/mol. The molecular formula is C27H27ClF6N2O4. The third-order valence-corrected chi connectivity index (χ3v) is 7.48. The average Bonchev–Trinajstić information content (AvgIpc) is 3.37. The number of benzene rings is 2. The van der Waals surface area contributed by atoms with Crippen LogP contribution in [0.5, 0.6) is 5.75 Å². The van der Waals surface area contributed by atoms with Crippen molar-refractivity contribution in [2.75, 3.05) is 13.2 Å². The quantitative estimate of drug-likeness (QED) is 0.198. The molecule has 2 heterocycles. The number of carbonyl (C=O) groups is 2. The summed E-state index contributed by atoms with van der Waals surface area (Å²) in [6.07, 6.45) is -10.0. The molecule has 13 heteroatoms. The number of hydrogen-bond donors (Lipinski definition) is 1. The molecule has 0 radical (unpaired) electrons. The number of rotatable bonds is 9. The number of nitrogens with one attached hydrogen (secondary N) is 1. The molecule has 3 amide bonds. The van der Waals surface area contributed by atoms with Gasteiger partial charge in [0.25, 0.3) is 11.5 Å². The lowest BCUT2D eigenvalue weighted by molar-refractivity contribution is -0.385. The maximum Gasteiger partial charge on any atom is 0.430 e. The second-order valence-electron chi connectivity index (χ2n) is 9.86. The molecule has 2 aliphatic rings. The van der Waals surface area contributed by atoms with E-state index in [-0.39, 0.29) is 36.4 Å². The minimum atomic E-state index is -5.70. The second kappa shape index (κ2) is 10.8. The summed E-state index contributed by atoms with van der Waals surface area (Å²) < 4.78 is 92.4. The maximum atomic E-state index is 13.7. The van der Waals surface area contributed by atoms with E-state index < -0.39 is 47.6 Å². The lowest BCUT2D eigenvalue weighted by Crippen LogP contribution is -2.53. The molecule has 0 saturated carbocycles. The molecule has 1 atom stereocenters. The second-order valence-corrected chi connectivity index (χ2v) is 10.3. The summed E-state index contributed by atoms with van der Waals surface area (Å²) in [6, 6.07) is 7.87. The van der Waals surface area contributed by atoms with E-state index in [1.165, 1.54) is 0 Å². The maximum absolute atomic E-state index is 13.7. The standard InChI is InChI=1S/C27H27ClF6N2O4/c1-3-6-18-19-15-40-25(26(29,30)31,27(32,33)34)20(19)11-12-21(18)39-14-5-4-13-36-22(37)24(2,35-23(36)38)16-7-9-17(28)10-8-16/h7-12H,3-6,13-15H2,1-2H3,(H,35,38). The molecule has 218 valence electrons. The van der Waals surface area contributed by atoms with E-state index in [0.717, 1.165) is 17.0 Å². The Kier molecular flexibility index (Phi) is 8.07. The van der Waals surface area contributed by atoms with Crippen molar-refractivity contribution < 1.29 is 45.4 Å². The molecular weight excluding hydrogens is 566 g/mol. The number of urea groups is 1. The smallest absolute Gasteiger partial charge is 0.430 e. The summed E-state index contributed by atoms with van der Waals surface area (Å²) in [5, 5.41) is 3.18. The van der Waals surface area contributed by atoms with Gasteiger partial charge in [-0.15, -0.1) is 0 Å². The van der Waals surface area contributed by atoms with Gasteiger partial charge < -0.3 is 14.8 Å². The van der Waals surface area contributed by atoms with Crippen molar-refractivity contribution in [3.8, 4) is 5.75 Å². The van der Waals surface area contributed by atoms with E-state index in [2.05, 4.69) is 10.1 Å². The highest BCUT2D eigenvalue weighted by atomic mass is 35.5. The van der Waals surface area contributed by atoms with Crippen molar-refractivity contribution in [3.63, 3.8) is 0 Å². The van der Waals surface area contributed by atoms with Crippen molar-refractivity contribution in [1.82, 2.24) is 10.2 Å². The van der Waals surface area contributed by atoms with Crippen LogP contribution in [0.1, 0.15) is 55.4 Å². The fraction of sp³-hybridized carbons (Fsp3) is 0.481. The van der Waals surface area contributed by atoms with Crippen LogP contribution in [0.4, 0.5) is 31.1 Å². The monoisotopic (exact) mass is 592 g/mol. The molecule has 2 aromatic carbocycles. The van der Waals surface area contributed by atoms with Gasteiger partial charge in [0.15, 0.2) is 0 Å². The number of nitrogens with zero attached hydrogens (tertiary/aromatic N) is 1. The first-order valence-corrected chi connectivity index (χ1v) is 13.0. The summed E-state index contributed by atoms with van der Waals surface area (Å²) in [6.45, 7) is 2.66. The molecule has 0 aliphatic carbocycles. The molecule has 1 N–H and O–H groups in total. The van der Waals surface area contributed by atoms with Crippen LogP contribution in [0.25, 0.3) is 0 Å². The van der Waals surface area contributed by atoms with Crippen LogP contribution in [0, 0.1) is 0 Å². The first-order valence-electron chi connectivity index (χ1n) is 12.6. The molecule has 0 bridgehead atoms. The number of fused-ring (bicyclic) bond motifs is 1. The van der Waals surface area contributed by atoms with E-state index in [1.807, 2.05) is 0 Å². The number of carbonyl (C=O) groups excluding carboxylic acids is 2. The molecule has 1 saturated heterocycles. The topological polar surface area (TPSA) is 67.9 Å². The summed E-state index contributed by atoms with van der Waals surface area (Å²) in [5.41, 5.74) is -5.96. The lowest BCUT2D eigenvalue weighted by atomic mass is 9.87. The Balaban J connectivity index is 1.42. The number of amides is 3. The average molecular weight is 593 g/mol. The van der Waals surface area contributed by atoms with Gasteiger partial charge in [-0.1, -0.05) is 43.1 Å². The third-order valence-electron chi connectivity index (χ3n) is 7.23. The molecule has 1 fully saturated rings. The van der Waals surface area contributed by atoms with Crippen LogP contribution in [0.3, 0.4) is 0 Å². The molecule has 1 unspecified atom stereocenters. The summed E-state index contributed by atoms with van der Waals surface area (Å²) in [4.78, 5) is 26.6. The third kappa shape index (κ3) is 5.00. The molecule has 40 heavy (non-hydrogen) atoms. The van der Waals surface area contributed by atoms with Gasteiger partial charge in [-0.2, -0.15) is 26.3 Å². The fourth-order valence-electron chi connectivity index (χ4n) is 5.15. The van der Waals surface area contributed by atoms with Crippen molar-refractivity contribution in [2.45, 2.75) is 69.6 Å². The molecule has 2 aromatic rings. The van der Waals surface area contributed by atoms with Gasteiger partial charge in [-0.25, -0.2) is 4.79 Å². The van der Waals surface area contributed by atoms with Gasteiger partial charge >= 0.3 is 18.4 Å². The Morgan fingerprint density at radius 2 is 1.68 bits per heavy atom. The molecule has 6 nitrogen and oxygen atoms in total. The fourth-order valence-corrected chi connectivity index (χ4v) is 5.27. The number of halogens is 7. The highest BCUT2D eigenvalue weighted by Crippen LogP contribution is 2.58. The zero-order valence-corrected chi connectivity index (χ0v) is 22.4. The Hall–Kier alpha value is -2.99. The van der Waals surface area contributed by atoms with Crippen molar-refractivity contribution >= 4 is 23.5 Å². The minimum Gasteiger partial charge on any atom is -0.493 e. The number of unbranched alkanes of at least 4 members (excludes halogenated alkanes) is 1. The lowest BCUT2D eigenvalue weighted by Gasteiger charge is -2.33. The number of ether oxygens (including phenoxy) is 2. The largest absolute Gasteiger partial charge is 0.493 e. The first-order chi connectivity index (χ1) is 18.7. The van der Waals surface area contributed by atoms with Gasteiger partial charge in [0.2, 0.25) is 0 Å². The number of hydrogen-bond acceptors (Lipinski definition) is 4. The summed E-state index contributed by atoms with van der Waals surface area (Å²) >= 11 is 5.91. The Labute approximate surface area is 231 Å². The van der Waals surface area contributed by atoms with Crippen LogP contribution in [-0.2, 0) is 33.7 Å². The van der Waals surface area contributed by atoms with Crippen molar-refractivity contribution in [2.24, 2.45) is 0 Å². The molecule has 2 aliphatic heterocycles. The van der Waals surface area contributed by atoms with Gasteiger partial charge in [0.05, 0.1) is 13.2 Å². The van der Waals surface area contributed by atoms with E-state index in [4.69, 9.17) is 16.3 Å². The molecule has 4 rings (SSSR count). The van der Waals surface area contributed by atoms with Crippen LogP contribution in [-0.4, -0.2) is 42.3 Å². The van der Waals surface area contributed by atoms with E-state index >= 15 is 0 Å². The zero-order valence-electron chi connectivity index (χ0n) is 21.6. The van der Waals surface area contributed by atoms with Crippen molar-refractivity contribution in [1.29, 1.82) is 0 Å². The SMILES string of the molecule is CCCc1c(OCCCCN2C(=O)NC(C)(c3ccc(Cl)cc3)C2=O)ccc2c1COC2(C(F)(F)F)C(F)(F)F. The van der Waals surface area contributed by atoms with E-state index in [9.17, 15) is 35.9 Å². The highest BCUT2D eigenvalue weighted by Gasteiger charge is 2.75. The summed E-state index contributed by atoms with van der Waals surface area (Å²) in [5.74, 6) is -0.253. The Morgan fingerprint density at radius 3 is 2.27 bits per heavy atom. The number of imide groups is 1. The normalized spacial score (nSPS) is 20.6. The van der Waals surface area contributed by atoms with Crippen LogP contribution in [0.15, 0.2) is 36.4 Å². The van der Waals surface area contributed by atoms with Crippen molar-refractivity contribution in [3.05, 3.63) is 63.7 Å². The molecule has 0 aromatic heterocycles. The Morgan fingerprint density at radius 1 is 1.02 bits per heavy atom. The Bertz CT molecular complexity index is 1270. The van der Waals surface area contributed by atoms with Crippen LogP contribution in [0.2, 0.25) is 5.02 Å². The minimum absolute atomic E-state index is 0.0676. The van der Waals surface area contributed by atoms with Crippen LogP contribution < -0.4 is 10.1 Å². The highest BCUT2D eigenvalue weighted by molar-refractivity contribution is 6.30. The van der Waals surface area contributed by atoms with Gasteiger partial charge in [-0.05, 0) is 55.5 Å². The molecule has 0 spiro atoms. The summed E-state index contributed by atoms with van der Waals surface area (Å²) in [7, 11) is 0. The number of alkyl halides is 6. The zero-order chi connectivity index (χ0) is 29.5. The van der Waals surface area contributed by atoms with Gasteiger partial charge in [0, 0.05) is 22.7 Å². The van der Waals surface area contributed by atoms with Gasteiger partial charge in [0.1, 0.15) is 11.3 Å².